The van der Waals surface area contributed by atoms with Crippen molar-refractivity contribution >= 4 is 5.91 Å². The summed E-state index contributed by atoms with van der Waals surface area (Å²) >= 11 is 0. The van der Waals surface area contributed by atoms with Crippen molar-refractivity contribution in [1.82, 2.24) is 5.32 Å². The van der Waals surface area contributed by atoms with Gasteiger partial charge < -0.3 is 10.4 Å². The lowest BCUT2D eigenvalue weighted by Crippen LogP contribution is -2.42. The largest absolute Gasteiger partial charge is 0.394 e. The summed E-state index contributed by atoms with van der Waals surface area (Å²) in [7, 11) is 0. The van der Waals surface area contributed by atoms with Crippen molar-refractivity contribution in [3.63, 3.8) is 0 Å². The Kier molecular flexibility index (Phi) is 4.22. The smallest absolute Gasteiger partial charge is 0.217 e. The molecule has 1 saturated carbocycles. The Labute approximate surface area is 79.5 Å². The molecule has 0 unspecified atom stereocenters. The van der Waals surface area contributed by atoms with E-state index < -0.39 is 0 Å². The Balaban J connectivity index is 2.39. The average molecular weight is 185 g/mol. The van der Waals surface area contributed by atoms with E-state index in [1.807, 2.05) is 0 Å². The van der Waals surface area contributed by atoms with Gasteiger partial charge in [0, 0.05) is 6.92 Å². The van der Waals surface area contributed by atoms with Crippen LogP contribution in [0.25, 0.3) is 0 Å². The van der Waals surface area contributed by atoms with Crippen LogP contribution in [-0.2, 0) is 4.79 Å². The summed E-state index contributed by atoms with van der Waals surface area (Å²) in [5.41, 5.74) is 0. The fraction of sp³-hybridized carbons (Fsp3) is 0.900. The molecule has 0 aliphatic heterocycles. The highest BCUT2D eigenvalue weighted by molar-refractivity contribution is 5.73. The third-order valence-corrected chi connectivity index (χ3v) is 2.80. The van der Waals surface area contributed by atoms with Gasteiger partial charge in [0.05, 0.1) is 12.6 Å². The van der Waals surface area contributed by atoms with E-state index in [0.717, 1.165) is 12.8 Å². The summed E-state index contributed by atoms with van der Waals surface area (Å²) in [5.74, 6) is 0.451. The first-order chi connectivity index (χ1) is 6.24. The number of hydrogen-bond acceptors (Lipinski definition) is 2. The van der Waals surface area contributed by atoms with Gasteiger partial charge in [-0.05, 0) is 18.8 Å². The zero-order valence-electron chi connectivity index (χ0n) is 8.25. The molecule has 0 heterocycles. The molecular formula is C10H19NO2. The van der Waals surface area contributed by atoms with Crippen molar-refractivity contribution < 1.29 is 9.90 Å². The van der Waals surface area contributed by atoms with Gasteiger partial charge in [0.1, 0.15) is 0 Å². The second-order valence-corrected chi connectivity index (χ2v) is 3.89. The Morgan fingerprint density at radius 3 is 2.54 bits per heavy atom. The van der Waals surface area contributed by atoms with Crippen LogP contribution in [0.4, 0.5) is 0 Å². The van der Waals surface area contributed by atoms with E-state index in [1.54, 1.807) is 0 Å². The molecule has 2 N–H and O–H groups in total. The maximum atomic E-state index is 10.8. The molecule has 76 valence electrons. The number of hydrogen-bond donors (Lipinski definition) is 2. The molecule has 1 fully saturated rings. The van der Waals surface area contributed by atoms with Gasteiger partial charge in [0.15, 0.2) is 0 Å². The first-order valence-electron chi connectivity index (χ1n) is 5.12. The predicted octanol–water partition coefficient (Wildman–Crippen LogP) is 1.06. The number of aliphatic hydroxyl groups is 1. The fourth-order valence-electron chi connectivity index (χ4n) is 2.11. The molecule has 3 nitrogen and oxygen atoms in total. The average Bonchev–Trinajstić information content (AvgIpc) is 2.15. The van der Waals surface area contributed by atoms with Gasteiger partial charge in [-0.1, -0.05) is 19.3 Å². The monoisotopic (exact) mass is 185 g/mol. The van der Waals surface area contributed by atoms with E-state index in [-0.39, 0.29) is 18.6 Å². The summed E-state index contributed by atoms with van der Waals surface area (Å²) in [6.07, 6.45) is 6.06. The number of amides is 1. The first kappa shape index (κ1) is 10.5. The van der Waals surface area contributed by atoms with E-state index in [2.05, 4.69) is 5.32 Å². The zero-order valence-corrected chi connectivity index (χ0v) is 8.25. The van der Waals surface area contributed by atoms with E-state index in [9.17, 15) is 4.79 Å². The van der Waals surface area contributed by atoms with Crippen LogP contribution in [0.2, 0.25) is 0 Å². The topological polar surface area (TPSA) is 49.3 Å². The Morgan fingerprint density at radius 1 is 1.46 bits per heavy atom. The minimum absolute atomic E-state index is 0.0159. The molecular weight excluding hydrogens is 166 g/mol. The highest BCUT2D eigenvalue weighted by Gasteiger charge is 2.23. The number of carbonyl (C=O) groups excluding carboxylic acids is 1. The minimum atomic E-state index is -0.0374. The van der Waals surface area contributed by atoms with Crippen LogP contribution in [0.3, 0.4) is 0 Å². The summed E-state index contributed by atoms with van der Waals surface area (Å²) in [4.78, 5) is 10.8. The van der Waals surface area contributed by atoms with Crippen LogP contribution in [0.5, 0.6) is 0 Å². The van der Waals surface area contributed by atoms with E-state index in [0.29, 0.717) is 5.92 Å². The molecule has 0 aromatic heterocycles. The third-order valence-electron chi connectivity index (χ3n) is 2.80. The lowest BCUT2D eigenvalue weighted by Gasteiger charge is -2.29. The lowest BCUT2D eigenvalue weighted by atomic mass is 9.84. The summed E-state index contributed by atoms with van der Waals surface area (Å²) in [6, 6.07) is -0.0159. The molecule has 0 aromatic rings. The van der Waals surface area contributed by atoms with Crippen LogP contribution in [0.15, 0.2) is 0 Å². The van der Waals surface area contributed by atoms with Gasteiger partial charge in [-0.2, -0.15) is 0 Å². The molecule has 3 heteroatoms. The number of carbonyl (C=O) groups is 1. The van der Waals surface area contributed by atoms with Gasteiger partial charge >= 0.3 is 0 Å². The van der Waals surface area contributed by atoms with Crippen molar-refractivity contribution in [3.8, 4) is 0 Å². The third kappa shape index (κ3) is 3.35. The molecule has 13 heavy (non-hydrogen) atoms. The van der Waals surface area contributed by atoms with Crippen molar-refractivity contribution in [2.75, 3.05) is 6.61 Å². The van der Waals surface area contributed by atoms with E-state index in [1.165, 1.54) is 26.2 Å². The summed E-state index contributed by atoms with van der Waals surface area (Å²) < 4.78 is 0. The predicted molar refractivity (Wildman–Crippen MR) is 51.3 cm³/mol. The Morgan fingerprint density at radius 2 is 2.08 bits per heavy atom. The van der Waals surface area contributed by atoms with Crippen LogP contribution in [-0.4, -0.2) is 23.7 Å². The van der Waals surface area contributed by atoms with Crippen molar-refractivity contribution in [3.05, 3.63) is 0 Å². The van der Waals surface area contributed by atoms with Crippen LogP contribution >= 0.6 is 0 Å². The second-order valence-electron chi connectivity index (χ2n) is 3.89. The van der Waals surface area contributed by atoms with Crippen molar-refractivity contribution in [1.29, 1.82) is 0 Å². The SMILES string of the molecule is CC(=O)N[C@@H](CO)C1CCCCC1. The fourth-order valence-corrected chi connectivity index (χ4v) is 2.11. The maximum Gasteiger partial charge on any atom is 0.217 e. The Bertz CT molecular complexity index is 164. The normalized spacial score (nSPS) is 21.1. The first-order valence-corrected chi connectivity index (χ1v) is 5.12. The molecule has 0 spiro atoms. The molecule has 0 aromatic carbocycles. The Hall–Kier alpha value is -0.570. The van der Waals surface area contributed by atoms with Crippen molar-refractivity contribution in [2.24, 2.45) is 5.92 Å². The van der Waals surface area contributed by atoms with Crippen LogP contribution in [0.1, 0.15) is 39.0 Å². The summed E-state index contributed by atoms with van der Waals surface area (Å²) in [5, 5.41) is 11.9. The molecule has 0 radical (unpaired) electrons. The van der Waals surface area contributed by atoms with Gasteiger partial charge in [-0.3, -0.25) is 4.79 Å². The van der Waals surface area contributed by atoms with Crippen LogP contribution < -0.4 is 5.32 Å². The number of rotatable bonds is 3. The molecule has 1 aliphatic carbocycles. The van der Waals surface area contributed by atoms with E-state index >= 15 is 0 Å². The number of aliphatic hydroxyl groups excluding tert-OH is 1. The van der Waals surface area contributed by atoms with Gasteiger partial charge in [-0.15, -0.1) is 0 Å². The molecule has 1 atom stereocenters. The van der Waals surface area contributed by atoms with Crippen molar-refractivity contribution in [2.45, 2.75) is 45.1 Å². The van der Waals surface area contributed by atoms with Gasteiger partial charge in [0.25, 0.3) is 0 Å². The quantitative estimate of drug-likeness (QED) is 0.691. The van der Waals surface area contributed by atoms with Gasteiger partial charge in [0.2, 0.25) is 5.91 Å². The molecule has 0 bridgehead atoms. The minimum Gasteiger partial charge on any atom is -0.394 e. The van der Waals surface area contributed by atoms with Gasteiger partial charge in [-0.25, -0.2) is 0 Å². The molecule has 1 aliphatic rings. The number of nitrogens with one attached hydrogen (secondary N) is 1. The summed E-state index contributed by atoms with van der Waals surface area (Å²) in [6.45, 7) is 1.58. The maximum absolute atomic E-state index is 10.8. The highest BCUT2D eigenvalue weighted by Crippen LogP contribution is 2.26. The molecule has 1 amide bonds. The standard InChI is InChI=1S/C10H19NO2/c1-8(13)11-10(7-12)9-5-3-2-4-6-9/h9-10,12H,2-7H2,1H3,(H,11,13)/t10-/m0/s1. The zero-order chi connectivity index (χ0) is 9.68. The van der Waals surface area contributed by atoms with Crippen LogP contribution in [0, 0.1) is 5.92 Å². The second kappa shape index (κ2) is 5.22. The molecule has 1 rings (SSSR count). The van der Waals surface area contributed by atoms with E-state index in [4.69, 9.17) is 5.11 Å². The highest BCUT2D eigenvalue weighted by atomic mass is 16.3. The lowest BCUT2D eigenvalue weighted by molar-refractivity contribution is -0.120. The molecule has 0 saturated heterocycles.